The first kappa shape index (κ1) is 18.3. The number of amides is 1. The van der Waals surface area contributed by atoms with E-state index >= 15 is 0 Å². The monoisotopic (exact) mass is 363 g/mol. The fraction of sp³-hybridized carbons (Fsp3) is 0.0952. The van der Waals surface area contributed by atoms with E-state index in [1.54, 1.807) is 48.5 Å². The van der Waals surface area contributed by atoms with Crippen LogP contribution in [-0.2, 0) is 6.54 Å². The van der Waals surface area contributed by atoms with Gasteiger partial charge in [0.1, 0.15) is 11.6 Å². The SMILES string of the molecule is CC(=O)c1cccc(NC(=O)c2ccnc(NCc3ccc(F)cc3)c2)c1. The van der Waals surface area contributed by atoms with E-state index in [0.29, 0.717) is 29.2 Å². The van der Waals surface area contributed by atoms with Crippen molar-refractivity contribution in [2.24, 2.45) is 0 Å². The molecule has 0 saturated heterocycles. The molecule has 3 rings (SSSR count). The van der Waals surface area contributed by atoms with E-state index in [9.17, 15) is 14.0 Å². The van der Waals surface area contributed by atoms with E-state index in [-0.39, 0.29) is 17.5 Å². The van der Waals surface area contributed by atoms with E-state index < -0.39 is 0 Å². The molecule has 0 atom stereocenters. The molecule has 27 heavy (non-hydrogen) atoms. The van der Waals surface area contributed by atoms with Crippen molar-refractivity contribution in [2.45, 2.75) is 13.5 Å². The number of anilines is 2. The third-order valence-electron chi connectivity index (χ3n) is 3.94. The zero-order valence-electron chi connectivity index (χ0n) is 14.7. The number of ketones is 1. The molecule has 5 nitrogen and oxygen atoms in total. The minimum Gasteiger partial charge on any atom is -0.366 e. The summed E-state index contributed by atoms with van der Waals surface area (Å²) in [6.45, 7) is 1.93. The number of nitrogens with one attached hydrogen (secondary N) is 2. The predicted octanol–water partition coefficient (Wildman–Crippen LogP) is 4.29. The smallest absolute Gasteiger partial charge is 0.255 e. The molecule has 0 unspecified atom stereocenters. The molecule has 0 saturated carbocycles. The van der Waals surface area contributed by atoms with Crippen LogP contribution in [0.25, 0.3) is 0 Å². The van der Waals surface area contributed by atoms with Crippen molar-refractivity contribution in [1.82, 2.24) is 4.98 Å². The first-order chi connectivity index (χ1) is 13.0. The van der Waals surface area contributed by atoms with Crippen LogP contribution in [0.2, 0.25) is 0 Å². The average molecular weight is 363 g/mol. The normalized spacial score (nSPS) is 10.3. The van der Waals surface area contributed by atoms with Crippen LogP contribution in [0.15, 0.2) is 66.9 Å². The van der Waals surface area contributed by atoms with Gasteiger partial charge in [-0.3, -0.25) is 9.59 Å². The molecule has 0 aliphatic heterocycles. The van der Waals surface area contributed by atoms with Crippen LogP contribution >= 0.6 is 0 Å². The van der Waals surface area contributed by atoms with E-state index in [0.717, 1.165) is 5.56 Å². The summed E-state index contributed by atoms with van der Waals surface area (Å²) in [7, 11) is 0. The maximum absolute atomic E-state index is 12.9. The lowest BCUT2D eigenvalue weighted by atomic mass is 10.1. The number of rotatable bonds is 6. The van der Waals surface area contributed by atoms with E-state index in [1.807, 2.05) is 0 Å². The second kappa shape index (κ2) is 8.23. The molecule has 3 aromatic rings. The van der Waals surface area contributed by atoms with Crippen molar-refractivity contribution in [3.05, 3.63) is 89.4 Å². The summed E-state index contributed by atoms with van der Waals surface area (Å²) >= 11 is 0. The molecule has 1 aromatic heterocycles. The number of Topliss-reactive ketones (excluding diaryl/α,β-unsaturated/α-hetero) is 1. The van der Waals surface area contributed by atoms with E-state index in [2.05, 4.69) is 15.6 Å². The van der Waals surface area contributed by atoms with Crippen molar-refractivity contribution >= 4 is 23.2 Å². The summed E-state index contributed by atoms with van der Waals surface area (Å²) in [5.41, 5.74) is 2.41. The largest absolute Gasteiger partial charge is 0.366 e. The van der Waals surface area contributed by atoms with Crippen molar-refractivity contribution in [3.63, 3.8) is 0 Å². The minimum atomic E-state index is -0.303. The van der Waals surface area contributed by atoms with Crippen molar-refractivity contribution in [3.8, 4) is 0 Å². The quantitative estimate of drug-likeness (QED) is 0.641. The third-order valence-corrected chi connectivity index (χ3v) is 3.94. The number of nitrogens with zero attached hydrogens (tertiary/aromatic N) is 1. The van der Waals surface area contributed by atoms with Gasteiger partial charge in [-0.15, -0.1) is 0 Å². The van der Waals surface area contributed by atoms with Crippen LogP contribution < -0.4 is 10.6 Å². The number of carbonyl (C=O) groups is 2. The highest BCUT2D eigenvalue weighted by Gasteiger charge is 2.09. The molecular weight excluding hydrogens is 345 g/mol. The number of aromatic nitrogens is 1. The van der Waals surface area contributed by atoms with Crippen LogP contribution in [0, 0.1) is 5.82 Å². The van der Waals surface area contributed by atoms with Gasteiger partial charge in [0, 0.05) is 29.6 Å². The van der Waals surface area contributed by atoms with Gasteiger partial charge < -0.3 is 10.6 Å². The maximum atomic E-state index is 12.9. The van der Waals surface area contributed by atoms with Crippen molar-refractivity contribution in [1.29, 1.82) is 0 Å². The molecule has 2 aromatic carbocycles. The number of carbonyl (C=O) groups excluding carboxylic acids is 2. The van der Waals surface area contributed by atoms with Crippen LogP contribution in [-0.4, -0.2) is 16.7 Å². The lowest BCUT2D eigenvalue weighted by Crippen LogP contribution is -2.13. The van der Waals surface area contributed by atoms with Crippen LogP contribution in [0.5, 0.6) is 0 Å². The van der Waals surface area contributed by atoms with Crippen LogP contribution in [0.3, 0.4) is 0 Å². The van der Waals surface area contributed by atoms with Gasteiger partial charge in [-0.2, -0.15) is 0 Å². The Balaban J connectivity index is 1.67. The van der Waals surface area contributed by atoms with E-state index in [4.69, 9.17) is 0 Å². The molecule has 0 radical (unpaired) electrons. The van der Waals surface area contributed by atoms with Gasteiger partial charge >= 0.3 is 0 Å². The first-order valence-corrected chi connectivity index (χ1v) is 8.38. The number of hydrogen-bond acceptors (Lipinski definition) is 4. The first-order valence-electron chi connectivity index (χ1n) is 8.38. The molecular formula is C21H18FN3O2. The fourth-order valence-electron chi connectivity index (χ4n) is 2.48. The standard InChI is InChI=1S/C21H18FN3O2/c1-14(26)16-3-2-4-19(11-16)25-21(27)17-9-10-23-20(12-17)24-13-15-5-7-18(22)8-6-15/h2-12H,13H2,1H3,(H,23,24)(H,25,27). The van der Waals surface area contributed by atoms with Gasteiger partial charge in [0.2, 0.25) is 0 Å². The molecule has 1 amide bonds. The van der Waals surface area contributed by atoms with Gasteiger partial charge in [-0.25, -0.2) is 9.37 Å². The third kappa shape index (κ3) is 4.98. The Kier molecular flexibility index (Phi) is 5.56. The molecule has 1 heterocycles. The van der Waals surface area contributed by atoms with E-state index in [1.165, 1.54) is 25.3 Å². The fourth-order valence-corrected chi connectivity index (χ4v) is 2.48. The Morgan fingerprint density at radius 3 is 2.52 bits per heavy atom. The van der Waals surface area contributed by atoms with Gasteiger partial charge in [0.05, 0.1) is 0 Å². The van der Waals surface area contributed by atoms with Crippen molar-refractivity contribution < 1.29 is 14.0 Å². The van der Waals surface area contributed by atoms with Crippen LogP contribution in [0.4, 0.5) is 15.9 Å². The zero-order chi connectivity index (χ0) is 19.2. The van der Waals surface area contributed by atoms with Gasteiger partial charge in [0.15, 0.2) is 5.78 Å². The Morgan fingerprint density at radius 2 is 1.78 bits per heavy atom. The number of hydrogen-bond donors (Lipinski definition) is 2. The highest BCUT2D eigenvalue weighted by Crippen LogP contribution is 2.15. The Morgan fingerprint density at radius 1 is 1.00 bits per heavy atom. The molecule has 0 spiro atoms. The van der Waals surface area contributed by atoms with Gasteiger partial charge in [-0.05, 0) is 48.9 Å². The molecule has 0 aliphatic rings. The lowest BCUT2D eigenvalue weighted by molar-refractivity contribution is 0.101. The average Bonchev–Trinajstić information content (AvgIpc) is 2.68. The highest BCUT2D eigenvalue weighted by atomic mass is 19.1. The van der Waals surface area contributed by atoms with Gasteiger partial charge in [-0.1, -0.05) is 24.3 Å². The van der Waals surface area contributed by atoms with Gasteiger partial charge in [0.25, 0.3) is 5.91 Å². The summed E-state index contributed by atoms with van der Waals surface area (Å²) < 4.78 is 12.9. The number of benzene rings is 2. The topological polar surface area (TPSA) is 71.1 Å². The summed E-state index contributed by atoms with van der Waals surface area (Å²) in [6.07, 6.45) is 1.54. The number of pyridine rings is 1. The lowest BCUT2D eigenvalue weighted by Gasteiger charge is -2.09. The molecule has 0 fully saturated rings. The summed E-state index contributed by atoms with van der Waals surface area (Å²) in [5.74, 6) is -0.126. The number of halogens is 1. The zero-order valence-corrected chi connectivity index (χ0v) is 14.7. The molecule has 6 heteroatoms. The highest BCUT2D eigenvalue weighted by molar-refractivity contribution is 6.05. The molecule has 0 aliphatic carbocycles. The second-order valence-corrected chi connectivity index (χ2v) is 6.00. The molecule has 136 valence electrons. The Labute approximate surface area is 156 Å². The molecule has 0 bridgehead atoms. The summed E-state index contributed by atoms with van der Waals surface area (Å²) in [4.78, 5) is 28.1. The Hall–Kier alpha value is -3.54. The van der Waals surface area contributed by atoms with Crippen molar-refractivity contribution in [2.75, 3.05) is 10.6 Å². The maximum Gasteiger partial charge on any atom is 0.255 e. The summed E-state index contributed by atoms with van der Waals surface area (Å²) in [6, 6.07) is 16.2. The molecule has 2 N–H and O–H groups in total. The second-order valence-electron chi connectivity index (χ2n) is 6.00. The Bertz CT molecular complexity index is 971. The van der Waals surface area contributed by atoms with Crippen LogP contribution in [0.1, 0.15) is 33.2 Å². The summed E-state index contributed by atoms with van der Waals surface area (Å²) in [5, 5.41) is 5.88. The predicted molar refractivity (Wildman–Crippen MR) is 102 cm³/mol. The minimum absolute atomic E-state index is 0.0673.